The van der Waals surface area contributed by atoms with Gasteiger partial charge in [0.2, 0.25) is 0 Å². The zero-order valence-electron chi connectivity index (χ0n) is 13.0. The van der Waals surface area contributed by atoms with Crippen LogP contribution in [0.5, 0.6) is 0 Å². The third-order valence-electron chi connectivity index (χ3n) is 4.07. The first-order valence-electron chi connectivity index (χ1n) is 7.64. The van der Waals surface area contributed by atoms with Crippen molar-refractivity contribution in [2.24, 2.45) is 5.92 Å². The summed E-state index contributed by atoms with van der Waals surface area (Å²) in [6.45, 7) is 4.03. The third kappa shape index (κ3) is 5.00. The lowest BCUT2D eigenvalue weighted by atomic mass is 9.94. The normalized spacial score (nSPS) is 12.4. The van der Waals surface area contributed by atoms with Crippen LogP contribution in [0, 0.1) is 18.7 Å². The van der Waals surface area contributed by atoms with E-state index in [9.17, 15) is 4.39 Å². The van der Waals surface area contributed by atoms with Crippen molar-refractivity contribution in [1.29, 1.82) is 0 Å². The summed E-state index contributed by atoms with van der Waals surface area (Å²) >= 11 is 12.0. The lowest BCUT2D eigenvalue weighted by Gasteiger charge is -2.12. The van der Waals surface area contributed by atoms with Crippen LogP contribution in [0.15, 0.2) is 36.4 Å². The van der Waals surface area contributed by atoms with Crippen molar-refractivity contribution in [3.8, 4) is 0 Å². The Kier molecular flexibility index (Phi) is 6.28. The zero-order chi connectivity index (χ0) is 16.1. The molecule has 0 aromatic heterocycles. The molecule has 0 aliphatic rings. The number of rotatable bonds is 6. The van der Waals surface area contributed by atoms with Gasteiger partial charge in [0.25, 0.3) is 0 Å². The van der Waals surface area contributed by atoms with Crippen molar-refractivity contribution in [3.05, 3.63) is 69.0 Å². The molecule has 0 bridgehead atoms. The predicted octanol–water partition coefficient (Wildman–Crippen LogP) is 6.64. The van der Waals surface area contributed by atoms with Crippen LogP contribution in [-0.4, -0.2) is 0 Å². The second-order valence-corrected chi connectivity index (χ2v) is 6.83. The van der Waals surface area contributed by atoms with E-state index in [-0.39, 0.29) is 5.82 Å². The van der Waals surface area contributed by atoms with Crippen molar-refractivity contribution in [3.63, 3.8) is 0 Å². The van der Waals surface area contributed by atoms with E-state index in [1.807, 2.05) is 30.3 Å². The predicted molar refractivity (Wildman–Crippen MR) is 93.4 cm³/mol. The monoisotopic (exact) mass is 338 g/mol. The van der Waals surface area contributed by atoms with Gasteiger partial charge in [-0.1, -0.05) is 48.3 Å². The topological polar surface area (TPSA) is 0 Å². The SMILES string of the molecule is Cc1ccc(CC[C@H](C)CCc2ccc(Cl)c(Cl)c2)cc1F. The molecule has 0 N–H and O–H groups in total. The number of hydrogen-bond acceptors (Lipinski definition) is 0. The Balaban J connectivity index is 1.81. The van der Waals surface area contributed by atoms with Crippen LogP contribution in [0.4, 0.5) is 4.39 Å². The van der Waals surface area contributed by atoms with Crippen LogP contribution >= 0.6 is 23.2 Å². The van der Waals surface area contributed by atoms with Crippen molar-refractivity contribution in [2.45, 2.75) is 39.5 Å². The maximum absolute atomic E-state index is 13.5. The summed E-state index contributed by atoms with van der Waals surface area (Å²) in [6.07, 6.45) is 4.05. The molecule has 0 spiro atoms. The van der Waals surface area contributed by atoms with E-state index in [4.69, 9.17) is 23.2 Å². The molecule has 0 aliphatic heterocycles. The minimum Gasteiger partial charge on any atom is -0.207 e. The number of aryl methyl sites for hydroxylation is 3. The third-order valence-corrected chi connectivity index (χ3v) is 4.81. The first kappa shape index (κ1) is 17.3. The molecule has 0 saturated carbocycles. The van der Waals surface area contributed by atoms with Crippen LogP contribution in [0.2, 0.25) is 10.0 Å². The molecular formula is C19H21Cl2F. The Hall–Kier alpha value is -1.05. The van der Waals surface area contributed by atoms with E-state index in [1.54, 1.807) is 13.0 Å². The molecule has 0 unspecified atom stereocenters. The van der Waals surface area contributed by atoms with Crippen molar-refractivity contribution in [1.82, 2.24) is 0 Å². The second-order valence-electron chi connectivity index (χ2n) is 6.01. The Morgan fingerprint density at radius 3 is 2.09 bits per heavy atom. The highest BCUT2D eigenvalue weighted by Gasteiger charge is 2.06. The van der Waals surface area contributed by atoms with Gasteiger partial charge in [-0.25, -0.2) is 4.39 Å². The quantitative estimate of drug-likeness (QED) is 0.553. The highest BCUT2D eigenvalue weighted by Crippen LogP contribution is 2.24. The molecule has 0 nitrogen and oxygen atoms in total. The fourth-order valence-electron chi connectivity index (χ4n) is 2.46. The molecule has 0 heterocycles. The Bertz CT molecular complexity index is 582. The molecule has 2 rings (SSSR count). The van der Waals surface area contributed by atoms with Crippen LogP contribution in [0.25, 0.3) is 0 Å². The standard InChI is InChI=1S/C19H21Cl2F/c1-13(3-6-15-9-10-17(20)18(21)11-15)4-7-16-8-5-14(2)19(22)12-16/h5,8-13H,3-4,6-7H2,1-2H3/t13-/m1/s1. The lowest BCUT2D eigenvalue weighted by Crippen LogP contribution is -2.00. The molecule has 0 fully saturated rings. The van der Waals surface area contributed by atoms with E-state index in [1.165, 1.54) is 5.56 Å². The summed E-state index contributed by atoms with van der Waals surface area (Å²) in [4.78, 5) is 0. The fraction of sp³-hybridized carbons (Fsp3) is 0.368. The largest absolute Gasteiger partial charge is 0.207 e. The first-order chi connectivity index (χ1) is 10.5. The number of benzene rings is 2. The maximum atomic E-state index is 13.5. The second kappa shape index (κ2) is 7.99. The average Bonchev–Trinajstić information content (AvgIpc) is 2.49. The zero-order valence-corrected chi connectivity index (χ0v) is 14.5. The molecule has 0 saturated heterocycles. The van der Waals surface area contributed by atoms with E-state index >= 15 is 0 Å². The van der Waals surface area contributed by atoms with Crippen LogP contribution in [0.1, 0.15) is 36.5 Å². The van der Waals surface area contributed by atoms with Gasteiger partial charge in [0.1, 0.15) is 5.82 Å². The molecule has 0 radical (unpaired) electrons. The smallest absolute Gasteiger partial charge is 0.126 e. The van der Waals surface area contributed by atoms with E-state index in [2.05, 4.69) is 6.92 Å². The van der Waals surface area contributed by atoms with Crippen molar-refractivity contribution >= 4 is 23.2 Å². The van der Waals surface area contributed by atoms with Gasteiger partial charge in [-0.3, -0.25) is 0 Å². The van der Waals surface area contributed by atoms with Crippen LogP contribution in [-0.2, 0) is 12.8 Å². The summed E-state index contributed by atoms with van der Waals surface area (Å²) in [5.41, 5.74) is 2.99. The first-order valence-corrected chi connectivity index (χ1v) is 8.40. The number of halogens is 3. The molecule has 3 heteroatoms. The summed E-state index contributed by atoms with van der Waals surface area (Å²) in [5.74, 6) is 0.472. The lowest BCUT2D eigenvalue weighted by molar-refractivity contribution is 0.492. The fourth-order valence-corrected chi connectivity index (χ4v) is 2.78. The highest BCUT2D eigenvalue weighted by molar-refractivity contribution is 6.42. The molecule has 2 aromatic carbocycles. The Morgan fingerprint density at radius 2 is 1.50 bits per heavy atom. The maximum Gasteiger partial charge on any atom is 0.126 e. The van der Waals surface area contributed by atoms with Crippen LogP contribution < -0.4 is 0 Å². The molecular weight excluding hydrogens is 318 g/mol. The van der Waals surface area contributed by atoms with Gasteiger partial charge in [0.15, 0.2) is 0 Å². The molecule has 2 aromatic rings. The molecule has 1 atom stereocenters. The van der Waals surface area contributed by atoms with Crippen LogP contribution in [0.3, 0.4) is 0 Å². The van der Waals surface area contributed by atoms with Gasteiger partial charge in [0.05, 0.1) is 10.0 Å². The summed E-state index contributed by atoms with van der Waals surface area (Å²) in [7, 11) is 0. The van der Waals surface area contributed by atoms with Gasteiger partial charge in [-0.2, -0.15) is 0 Å². The molecule has 0 aliphatic carbocycles. The summed E-state index contributed by atoms with van der Waals surface area (Å²) in [6, 6.07) is 11.3. The van der Waals surface area contributed by atoms with E-state index < -0.39 is 0 Å². The Labute approximate surface area is 142 Å². The van der Waals surface area contributed by atoms with Gasteiger partial charge >= 0.3 is 0 Å². The molecule has 118 valence electrons. The summed E-state index contributed by atoms with van der Waals surface area (Å²) in [5, 5.41) is 1.21. The van der Waals surface area contributed by atoms with E-state index in [0.29, 0.717) is 21.5 Å². The van der Waals surface area contributed by atoms with E-state index in [0.717, 1.165) is 31.2 Å². The van der Waals surface area contributed by atoms with Gasteiger partial charge < -0.3 is 0 Å². The van der Waals surface area contributed by atoms with Gasteiger partial charge in [0, 0.05) is 0 Å². The summed E-state index contributed by atoms with van der Waals surface area (Å²) < 4.78 is 13.5. The Morgan fingerprint density at radius 1 is 0.909 bits per heavy atom. The minimum absolute atomic E-state index is 0.110. The van der Waals surface area contributed by atoms with Gasteiger partial charge in [-0.05, 0) is 73.4 Å². The molecule has 0 amide bonds. The van der Waals surface area contributed by atoms with Crippen molar-refractivity contribution in [2.75, 3.05) is 0 Å². The van der Waals surface area contributed by atoms with Gasteiger partial charge in [-0.15, -0.1) is 0 Å². The van der Waals surface area contributed by atoms with Crippen molar-refractivity contribution < 1.29 is 4.39 Å². The number of hydrogen-bond donors (Lipinski definition) is 0. The average molecular weight is 339 g/mol. The molecule has 22 heavy (non-hydrogen) atoms. The minimum atomic E-state index is -0.110. The highest BCUT2D eigenvalue weighted by atomic mass is 35.5.